The van der Waals surface area contributed by atoms with E-state index in [4.69, 9.17) is 19.7 Å². The number of aliphatic hydroxyl groups excluding tert-OH is 2. The van der Waals surface area contributed by atoms with Gasteiger partial charge in [0.1, 0.15) is 6.61 Å². The van der Waals surface area contributed by atoms with Crippen molar-refractivity contribution in [1.82, 2.24) is 0 Å². The van der Waals surface area contributed by atoms with E-state index in [-0.39, 0.29) is 19.4 Å². The summed E-state index contributed by atoms with van der Waals surface area (Å²) in [6.45, 7) is 1.47. The Morgan fingerprint density at radius 2 is 1.83 bits per heavy atom. The van der Waals surface area contributed by atoms with E-state index in [0.29, 0.717) is 6.42 Å². The summed E-state index contributed by atoms with van der Waals surface area (Å²) in [5, 5.41) is 17.5. The molecule has 10 nitrogen and oxygen atoms in total. The largest absolute Gasteiger partial charge is 0.474 e. The SMILES string of the molecule is CCCC(=O)O[C@H](COC(=O)CC)COP(=O)(O)OC(O)CO. The van der Waals surface area contributed by atoms with Gasteiger partial charge in [-0.15, -0.1) is 0 Å². The number of phosphoric ester groups is 1. The Hall–Kier alpha value is -1.03. The van der Waals surface area contributed by atoms with Gasteiger partial charge >= 0.3 is 19.8 Å². The molecule has 0 heterocycles. The molecule has 0 aliphatic heterocycles. The van der Waals surface area contributed by atoms with Crippen LogP contribution in [0.5, 0.6) is 0 Å². The van der Waals surface area contributed by atoms with E-state index in [0.717, 1.165) is 0 Å². The van der Waals surface area contributed by atoms with Crippen LogP contribution in [0.2, 0.25) is 0 Å². The molecule has 0 aromatic carbocycles. The molecule has 3 atom stereocenters. The molecule has 0 radical (unpaired) electrons. The Labute approximate surface area is 133 Å². The second kappa shape index (κ2) is 11.5. The van der Waals surface area contributed by atoms with Crippen molar-refractivity contribution >= 4 is 19.8 Å². The first-order chi connectivity index (χ1) is 10.7. The quantitative estimate of drug-likeness (QED) is 0.249. The fourth-order valence-electron chi connectivity index (χ4n) is 1.25. The van der Waals surface area contributed by atoms with E-state index in [1.54, 1.807) is 13.8 Å². The Morgan fingerprint density at radius 1 is 1.17 bits per heavy atom. The first kappa shape index (κ1) is 22.0. The minimum Gasteiger partial charge on any atom is -0.462 e. The average Bonchev–Trinajstić information content (AvgIpc) is 2.49. The number of aliphatic hydroxyl groups is 2. The summed E-state index contributed by atoms with van der Waals surface area (Å²) in [5.41, 5.74) is 0. The fraction of sp³-hybridized carbons (Fsp3) is 0.833. The normalized spacial score (nSPS) is 16.2. The molecule has 11 heteroatoms. The average molecular weight is 358 g/mol. The second-order valence-electron chi connectivity index (χ2n) is 4.41. The lowest BCUT2D eigenvalue weighted by atomic mass is 10.3. The monoisotopic (exact) mass is 358 g/mol. The van der Waals surface area contributed by atoms with Crippen molar-refractivity contribution in [2.45, 2.75) is 45.5 Å². The standard InChI is InChI=1S/C12H23O10P/c1-3-5-11(15)21-9(7-19-10(14)4-2)8-20-23(17,18)22-12(16)6-13/h9,12-13,16H,3-8H2,1-2H3,(H,17,18)/t9-,12?/m1/s1. The second-order valence-corrected chi connectivity index (χ2v) is 5.81. The van der Waals surface area contributed by atoms with Crippen LogP contribution in [0.3, 0.4) is 0 Å². The zero-order chi connectivity index (χ0) is 17.9. The summed E-state index contributed by atoms with van der Waals surface area (Å²) in [5.74, 6) is -1.13. The Morgan fingerprint density at radius 3 is 2.35 bits per heavy atom. The molecule has 136 valence electrons. The van der Waals surface area contributed by atoms with E-state index < -0.39 is 45.4 Å². The van der Waals surface area contributed by atoms with Crippen LogP contribution in [0.1, 0.15) is 33.1 Å². The highest BCUT2D eigenvalue weighted by Gasteiger charge is 2.28. The van der Waals surface area contributed by atoms with Crippen LogP contribution in [0.25, 0.3) is 0 Å². The first-order valence-corrected chi connectivity index (χ1v) is 8.53. The number of hydrogen-bond acceptors (Lipinski definition) is 9. The summed E-state index contributed by atoms with van der Waals surface area (Å²) < 4.78 is 30.0. The maximum atomic E-state index is 11.5. The molecule has 0 spiro atoms. The Kier molecular flexibility index (Phi) is 11.0. The third kappa shape index (κ3) is 11.2. The van der Waals surface area contributed by atoms with Gasteiger partial charge in [-0.3, -0.25) is 18.6 Å². The summed E-state index contributed by atoms with van der Waals surface area (Å²) in [6, 6.07) is 0. The van der Waals surface area contributed by atoms with Gasteiger partial charge in [-0.25, -0.2) is 4.57 Å². The molecule has 0 aromatic heterocycles. The molecule has 0 saturated carbocycles. The molecule has 23 heavy (non-hydrogen) atoms. The van der Waals surface area contributed by atoms with Crippen molar-refractivity contribution in [3.63, 3.8) is 0 Å². The highest BCUT2D eigenvalue weighted by atomic mass is 31.2. The van der Waals surface area contributed by atoms with Crippen LogP contribution in [-0.4, -0.2) is 59.3 Å². The summed E-state index contributed by atoms with van der Waals surface area (Å²) in [7, 11) is -4.67. The Balaban J connectivity index is 4.57. The Bertz CT molecular complexity index is 413. The molecule has 0 aromatic rings. The number of rotatable bonds is 12. The van der Waals surface area contributed by atoms with Gasteiger partial charge in [-0.1, -0.05) is 13.8 Å². The molecular weight excluding hydrogens is 335 g/mol. The predicted octanol–water partition coefficient (Wildman–Crippen LogP) is 0.0958. The van der Waals surface area contributed by atoms with Gasteiger partial charge in [-0.2, -0.15) is 0 Å². The zero-order valence-corrected chi connectivity index (χ0v) is 13.9. The highest BCUT2D eigenvalue weighted by Crippen LogP contribution is 2.44. The van der Waals surface area contributed by atoms with Crippen molar-refractivity contribution in [3.8, 4) is 0 Å². The topological polar surface area (TPSA) is 149 Å². The smallest absolute Gasteiger partial charge is 0.462 e. The lowest BCUT2D eigenvalue weighted by Crippen LogP contribution is -2.29. The summed E-state index contributed by atoms with van der Waals surface area (Å²) in [6.07, 6.45) is -2.24. The third-order valence-electron chi connectivity index (χ3n) is 2.31. The van der Waals surface area contributed by atoms with Crippen LogP contribution in [0, 0.1) is 0 Å². The maximum Gasteiger partial charge on any atom is 0.474 e. The van der Waals surface area contributed by atoms with E-state index in [1.165, 1.54) is 0 Å². The lowest BCUT2D eigenvalue weighted by Gasteiger charge is -2.20. The molecule has 0 aliphatic rings. The van der Waals surface area contributed by atoms with Gasteiger partial charge < -0.3 is 24.6 Å². The van der Waals surface area contributed by atoms with Crippen LogP contribution in [0.4, 0.5) is 0 Å². The van der Waals surface area contributed by atoms with Crippen LogP contribution in [0.15, 0.2) is 0 Å². The van der Waals surface area contributed by atoms with Crippen molar-refractivity contribution in [1.29, 1.82) is 0 Å². The molecule has 3 N–H and O–H groups in total. The fourth-order valence-corrected chi connectivity index (χ4v) is 2.04. The van der Waals surface area contributed by atoms with Crippen molar-refractivity contribution in [2.24, 2.45) is 0 Å². The maximum absolute atomic E-state index is 11.5. The molecule has 0 aliphatic carbocycles. The van der Waals surface area contributed by atoms with Crippen LogP contribution < -0.4 is 0 Å². The molecule has 0 saturated heterocycles. The first-order valence-electron chi connectivity index (χ1n) is 7.03. The van der Waals surface area contributed by atoms with Crippen LogP contribution >= 0.6 is 7.82 Å². The molecular formula is C12H23O10P. The van der Waals surface area contributed by atoms with Gasteiger partial charge in [0.15, 0.2) is 12.4 Å². The molecule has 0 rings (SSSR count). The molecule has 2 unspecified atom stereocenters. The molecule has 0 fully saturated rings. The number of hydrogen-bond donors (Lipinski definition) is 3. The predicted molar refractivity (Wildman–Crippen MR) is 76.0 cm³/mol. The molecule has 0 bridgehead atoms. The summed E-state index contributed by atoms with van der Waals surface area (Å²) >= 11 is 0. The van der Waals surface area contributed by atoms with Gasteiger partial charge in [0.25, 0.3) is 0 Å². The minimum absolute atomic E-state index is 0.112. The number of phosphoric acid groups is 1. The zero-order valence-electron chi connectivity index (χ0n) is 13.0. The van der Waals surface area contributed by atoms with Gasteiger partial charge in [0.2, 0.25) is 0 Å². The number of carbonyl (C=O) groups is 2. The van der Waals surface area contributed by atoms with Crippen LogP contribution in [-0.2, 0) is 32.7 Å². The van der Waals surface area contributed by atoms with E-state index in [9.17, 15) is 19.0 Å². The highest BCUT2D eigenvalue weighted by molar-refractivity contribution is 7.47. The summed E-state index contributed by atoms with van der Waals surface area (Å²) in [4.78, 5) is 31.9. The van der Waals surface area contributed by atoms with Gasteiger partial charge in [-0.05, 0) is 6.42 Å². The van der Waals surface area contributed by atoms with Crippen molar-refractivity contribution < 1.29 is 47.8 Å². The van der Waals surface area contributed by atoms with E-state index in [1.807, 2.05) is 0 Å². The number of esters is 2. The number of carbonyl (C=O) groups excluding carboxylic acids is 2. The van der Waals surface area contributed by atoms with Crippen molar-refractivity contribution in [3.05, 3.63) is 0 Å². The van der Waals surface area contributed by atoms with Gasteiger partial charge in [0, 0.05) is 12.8 Å². The van der Waals surface area contributed by atoms with Crippen molar-refractivity contribution in [2.75, 3.05) is 19.8 Å². The van der Waals surface area contributed by atoms with E-state index >= 15 is 0 Å². The third-order valence-corrected chi connectivity index (χ3v) is 3.29. The lowest BCUT2D eigenvalue weighted by molar-refractivity contribution is -0.161. The van der Waals surface area contributed by atoms with Gasteiger partial charge in [0.05, 0.1) is 13.2 Å². The minimum atomic E-state index is -4.67. The van der Waals surface area contributed by atoms with E-state index in [2.05, 4.69) is 9.05 Å². The number of ether oxygens (including phenoxy) is 2. The molecule has 0 amide bonds.